The van der Waals surface area contributed by atoms with Gasteiger partial charge in [-0.05, 0) is 48.4 Å². The van der Waals surface area contributed by atoms with Crippen LogP contribution in [0.1, 0.15) is 18.1 Å². The lowest BCUT2D eigenvalue weighted by Gasteiger charge is -2.06. The smallest absolute Gasteiger partial charge is 0.266 e. The molecule has 0 spiro atoms. The van der Waals surface area contributed by atoms with Crippen LogP contribution in [0.25, 0.3) is 6.08 Å². The number of nitrogens with one attached hydrogen (secondary N) is 1. The number of nitrogens with zero attached hydrogens (tertiary/aromatic N) is 1. The summed E-state index contributed by atoms with van der Waals surface area (Å²) in [6.45, 7) is 2.01. The van der Waals surface area contributed by atoms with Gasteiger partial charge in [0.05, 0.1) is 7.11 Å². The summed E-state index contributed by atoms with van der Waals surface area (Å²) in [6.07, 6.45) is 2.56. The maximum absolute atomic E-state index is 12.4. The molecule has 0 saturated heterocycles. The SMILES string of the molecule is COc1cccc(NC(=O)C(C#N)=Cc2ccc3c(c2)CC(C)O3)c1. The molecule has 1 aliphatic heterocycles. The normalized spacial score (nSPS) is 15.7. The zero-order chi connectivity index (χ0) is 17.8. The Hall–Kier alpha value is -3.26. The van der Waals surface area contributed by atoms with Crippen LogP contribution in [0.5, 0.6) is 11.5 Å². The Balaban J connectivity index is 1.79. The molecule has 1 aliphatic rings. The van der Waals surface area contributed by atoms with Gasteiger partial charge in [-0.3, -0.25) is 4.79 Å². The quantitative estimate of drug-likeness (QED) is 0.685. The number of ether oxygens (including phenoxy) is 2. The predicted octanol–water partition coefficient (Wildman–Crippen LogP) is 3.56. The second-order valence-electron chi connectivity index (χ2n) is 5.86. The Morgan fingerprint density at radius 1 is 1.36 bits per heavy atom. The van der Waals surface area contributed by atoms with Crippen molar-refractivity contribution < 1.29 is 14.3 Å². The number of benzene rings is 2. The van der Waals surface area contributed by atoms with Gasteiger partial charge in [-0.2, -0.15) is 5.26 Å². The minimum Gasteiger partial charge on any atom is -0.497 e. The highest BCUT2D eigenvalue weighted by Crippen LogP contribution is 2.30. The van der Waals surface area contributed by atoms with Crippen LogP contribution in [0.2, 0.25) is 0 Å². The van der Waals surface area contributed by atoms with Gasteiger partial charge in [-0.25, -0.2) is 0 Å². The molecule has 2 aromatic carbocycles. The van der Waals surface area contributed by atoms with Gasteiger partial charge in [-0.15, -0.1) is 0 Å². The molecule has 0 saturated carbocycles. The Kier molecular flexibility index (Phi) is 4.71. The zero-order valence-corrected chi connectivity index (χ0v) is 14.1. The van der Waals surface area contributed by atoms with Crippen molar-refractivity contribution in [2.24, 2.45) is 0 Å². The standard InChI is InChI=1S/C20H18N2O3/c1-13-8-15-9-14(6-7-19(15)25-13)10-16(12-21)20(23)22-17-4-3-5-18(11-17)24-2/h3-7,9-11,13H,8H2,1-2H3,(H,22,23). The summed E-state index contributed by atoms with van der Waals surface area (Å²) in [5.74, 6) is 1.04. The molecule has 5 heteroatoms. The Morgan fingerprint density at radius 2 is 2.20 bits per heavy atom. The summed E-state index contributed by atoms with van der Waals surface area (Å²) >= 11 is 0. The van der Waals surface area contributed by atoms with Crippen LogP contribution in [0.3, 0.4) is 0 Å². The topological polar surface area (TPSA) is 71.3 Å². The number of hydrogen-bond acceptors (Lipinski definition) is 4. The molecule has 126 valence electrons. The lowest BCUT2D eigenvalue weighted by Crippen LogP contribution is -2.13. The highest BCUT2D eigenvalue weighted by molar-refractivity contribution is 6.09. The predicted molar refractivity (Wildman–Crippen MR) is 95.4 cm³/mol. The van der Waals surface area contributed by atoms with Crippen molar-refractivity contribution in [2.45, 2.75) is 19.4 Å². The molecule has 1 N–H and O–H groups in total. The molecule has 0 aliphatic carbocycles. The van der Waals surface area contributed by atoms with E-state index in [9.17, 15) is 10.1 Å². The third-order valence-electron chi connectivity index (χ3n) is 3.92. The van der Waals surface area contributed by atoms with E-state index in [1.807, 2.05) is 31.2 Å². The Bertz CT molecular complexity index is 881. The summed E-state index contributed by atoms with van der Waals surface area (Å²) in [7, 11) is 1.56. The van der Waals surface area contributed by atoms with Gasteiger partial charge >= 0.3 is 0 Å². The van der Waals surface area contributed by atoms with Crippen LogP contribution < -0.4 is 14.8 Å². The molecule has 1 atom stereocenters. The lowest BCUT2D eigenvalue weighted by atomic mass is 10.0. The first-order valence-electron chi connectivity index (χ1n) is 7.96. The molecule has 0 fully saturated rings. The van der Waals surface area contributed by atoms with Gasteiger partial charge in [0.25, 0.3) is 5.91 Å². The van der Waals surface area contributed by atoms with E-state index in [4.69, 9.17) is 9.47 Å². The number of fused-ring (bicyclic) bond motifs is 1. The fourth-order valence-electron chi connectivity index (χ4n) is 2.75. The van der Waals surface area contributed by atoms with E-state index in [-0.39, 0.29) is 11.7 Å². The number of amides is 1. The summed E-state index contributed by atoms with van der Waals surface area (Å²) < 4.78 is 10.8. The maximum atomic E-state index is 12.4. The van der Waals surface area contributed by atoms with Crippen LogP contribution in [-0.2, 0) is 11.2 Å². The summed E-state index contributed by atoms with van der Waals surface area (Å²) in [6, 6.07) is 14.6. The highest BCUT2D eigenvalue weighted by atomic mass is 16.5. The number of carbonyl (C=O) groups excluding carboxylic acids is 1. The second kappa shape index (κ2) is 7.10. The molecule has 1 heterocycles. The van der Waals surface area contributed by atoms with E-state index < -0.39 is 5.91 Å². The van der Waals surface area contributed by atoms with Crippen LogP contribution in [0, 0.1) is 11.3 Å². The molecular weight excluding hydrogens is 316 g/mol. The molecule has 3 rings (SSSR count). The van der Waals surface area contributed by atoms with Crippen LogP contribution >= 0.6 is 0 Å². The van der Waals surface area contributed by atoms with Crippen LogP contribution in [0.15, 0.2) is 48.0 Å². The van der Waals surface area contributed by atoms with E-state index in [1.54, 1.807) is 37.5 Å². The summed E-state index contributed by atoms with van der Waals surface area (Å²) in [5.41, 5.74) is 2.50. The van der Waals surface area contributed by atoms with Gasteiger partial charge in [-0.1, -0.05) is 12.1 Å². The first-order chi connectivity index (χ1) is 12.1. The molecule has 2 aromatic rings. The third-order valence-corrected chi connectivity index (χ3v) is 3.92. The molecule has 25 heavy (non-hydrogen) atoms. The Labute approximate surface area is 146 Å². The monoisotopic (exact) mass is 334 g/mol. The van der Waals surface area contributed by atoms with Gasteiger partial charge in [0.15, 0.2) is 0 Å². The summed E-state index contributed by atoms with van der Waals surface area (Å²) in [4.78, 5) is 12.4. The third kappa shape index (κ3) is 3.81. The fraction of sp³-hybridized carbons (Fsp3) is 0.200. The minimum atomic E-state index is -0.458. The van der Waals surface area contributed by atoms with Crippen molar-refractivity contribution in [3.8, 4) is 17.6 Å². The number of carbonyl (C=O) groups is 1. The zero-order valence-electron chi connectivity index (χ0n) is 14.1. The van der Waals surface area contributed by atoms with Crippen molar-refractivity contribution in [1.82, 2.24) is 0 Å². The van der Waals surface area contributed by atoms with E-state index >= 15 is 0 Å². The van der Waals surface area contributed by atoms with E-state index in [0.29, 0.717) is 11.4 Å². The van der Waals surface area contributed by atoms with E-state index in [1.165, 1.54) is 0 Å². The van der Waals surface area contributed by atoms with Gasteiger partial charge in [0, 0.05) is 18.2 Å². The van der Waals surface area contributed by atoms with Gasteiger partial charge < -0.3 is 14.8 Å². The number of anilines is 1. The number of hydrogen-bond donors (Lipinski definition) is 1. The average Bonchev–Trinajstić information content (AvgIpc) is 2.98. The molecular formula is C20H18N2O3. The van der Waals surface area contributed by atoms with Gasteiger partial charge in [0.2, 0.25) is 0 Å². The average molecular weight is 334 g/mol. The molecule has 0 bridgehead atoms. The number of nitriles is 1. The molecule has 0 radical (unpaired) electrons. The van der Waals surface area contributed by atoms with Crippen LogP contribution in [0.4, 0.5) is 5.69 Å². The highest BCUT2D eigenvalue weighted by Gasteiger charge is 2.19. The van der Waals surface area contributed by atoms with Crippen molar-refractivity contribution in [3.05, 3.63) is 59.2 Å². The molecule has 1 amide bonds. The number of methoxy groups -OCH3 is 1. The van der Waals surface area contributed by atoms with Crippen molar-refractivity contribution in [3.63, 3.8) is 0 Å². The lowest BCUT2D eigenvalue weighted by molar-refractivity contribution is -0.112. The fourth-order valence-corrected chi connectivity index (χ4v) is 2.75. The van der Waals surface area contributed by atoms with Crippen molar-refractivity contribution in [1.29, 1.82) is 5.26 Å². The molecule has 1 unspecified atom stereocenters. The van der Waals surface area contributed by atoms with Crippen LogP contribution in [-0.4, -0.2) is 19.1 Å². The Morgan fingerprint density at radius 3 is 2.96 bits per heavy atom. The second-order valence-corrected chi connectivity index (χ2v) is 5.86. The first-order valence-corrected chi connectivity index (χ1v) is 7.96. The molecule has 5 nitrogen and oxygen atoms in total. The maximum Gasteiger partial charge on any atom is 0.266 e. The van der Waals surface area contributed by atoms with E-state index in [0.717, 1.165) is 23.3 Å². The number of rotatable bonds is 4. The van der Waals surface area contributed by atoms with Gasteiger partial charge in [0.1, 0.15) is 29.2 Å². The largest absolute Gasteiger partial charge is 0.497 e. The van der Waals surface area contributed by atoms with Crippen molar-refractivity contribution in [2.75, 3.05) is 12.4 Å². The molecule has 0 aromatic heterocycles. The van der Waals surface area contributed by atoms with Crippen molar-refractivity contribution >= 4 is 17.7 Å². The summed E-state index contributed by atoms with van der Waals surface area (Å²) in [5, 5.41) is 12.1. The minimum absolute atomic E-state index is 0.0368. The van der Waals surface area contributed by atoms with E-state index in [2.05, 4.69) is 5.32 Å². The first kappa shape index (κ1) is 16.6.